The Kier molecular flexibility index (Phi) is 50.4. The highest BCUT2D eigenvalue weighted by Crippen LogP contribution is 2.13. The van der Waals surface area contributed by atoms with Crippen molar-refractivity contribution in [1.29, 1.82) is 0 Å². The van der Waals surface area contributed by atoms with Gasteiger partial charge in [-0.25, -0.2) is 0 Å². The second-order valence-electron chi connectivity index (χ2n) is 17.8. The van der Waals surface area contributed by atoms with Gasteiger partial charge in [-0.05, 0) is 122 Å². The fraction of sp³-hybridized carbons (Fsp3) is 0.712. The van der Waals surface area contributed by atoms with Crippen molar-refractivity contribution in [3.63, 3.8) is 0 Å². The minimum atomic E-state index is -0.801. The van der Waals surface area contributed by atoms with Crippen molar-refractivity contribution in [2.75, 3.05) is 13.2 Å². The van der Waals surface area contributed by atoms with Crippen LogP contribution in [-0.2, 0) is 28.6 Å². The van der Waals surface area contributed by atoms with E-state index in [-0.39, 0.29) is 31.1 Å². The molecule has 0 saturated heterocycles. The Morgan fingerprint density at radius 1 is 0.308 bits per heavy atom. The van der Waals surface area contributed by atoms with E-state index in [0.717, 1.165) is 116 Å². The lowest BCUT2D eigenvalue weighted by molar-refractivity contribution is -0.167. The molecular weight excluding hydrogens is 805 g/mol. The van der Waals surface area contributed by atoms with E-state index >= 15 is 0 Å². The SMILES string of the molecule is CCCCC/C=C\C/C=C\C/C=C\CCCCCCC(=O)OC[C@H](COC(=O)CCCCCCC/C=C\CCCCCC)OC(=O)CCCCCC/C=C\C/C=C\C/C=C\CCCCC. The number of esters is 3. The number of hydrogen-bond donors (Lipinski definition) is 0. The molecule has 0 unspecified atom stereocenters. The van der Waals surface area contributed by atoms with Crippen LogP contribution in [-0.4, -0.2) is 37.2 Å². The molecule has 0 aliphatic rings. The molecule has 0 N–H and O–H groups in total. The number of carbonyl (C=O) groups is 3. The van der Waals surface area contributed by atoms with Crippen molar-refractivity contribution in [2.24, 2.45) is 0 Å². The molecule has 0 aliphatic carbocycles. The lowest BCUT2D eigenvalue weighted by atomic mass is 10.1. The van der Waals surface area contributed by atoms with E-state index in [4.69, 9.17) is 14.2 Å². The summed E-state index contributed by atoms with van der Waals surface area (Å²) < 4.78 is 16.8. The summed E-state index contributed by atoms with van der Waals surface area (Å²) in [7, 11) is 0. The van der Waals surface area contributed by atoms with Gasteiger partial charge in [-0.1, -0.05) is 196 Å². The monoisotopic (exact) mass is 905 g/mol. The summed E-state index contributed by atoms with van der Waals surface area (Å²) >= 11 is 0. The summed E-state index contributed by atoms with van der Waals surface area (Å²) in [5.41, 5.74) is 0. The average molecular weight is 905 g/mol. The summed E-state index contributed by atoms with van der Waals surface area (Å²) in [4.78, 5) is 38.0. The van der Waals surface area contributed by atoms with Gasteiger partial charge in [0.25, 0.3) is 0 Å². The van der Waals surface area contributed by atoms with Gasteiger partial charge in [0.2, 0.25) is 0 Å². The van der Waals surface area contributed by atoms with E-state index in [1.807, 2.05) is 0 Å². The number of allylic oxidation sites excluding steroid dienone is 14. The molecule has 0 amide bonds. The average Bonchev–Trinajstić information content (AvgIpc) is 3.30. The van der Waals surface area contributed by atoms with Crippen LogP contribution in [0.2, 0.25) is 0 Å². The molecule has 0 spiro atoms. The Hall–Kier alpha value is -3.41. The van der Waals surface area contributed by atoms with Gasteiger partial charge in [0, 0.05) is 19.3 Å². The summed E-state index contributed by atoms with van der Waals surface area (Å²) in [6.07, 6.45) is 68.4. The minimum Gasteiger partial charge on any atom is -0.462 e. The predicted molar refractivity (Wildman–Crippen MR) is 279 cm³/mol. The Morgan fingerprint density at radius 3 is 0.908 bits per heavy atom. The first kappa shape index (κ1) is 61.6. The number of unbranched alkanes of at least 4 members (excludes halogenated alkanes) is 23. The van der Waals surface area contributed by atoms with Crippen LogP contribution in [0.15, 0.2) is 85.1 Å². The molecule has 65 heavy (non-hydrogen) atoms. The van der Waals surface area contributed by atoms with Crippen molar-refractivity contribution < 1.29 is 28.6 Å². The summed E-state index contributed by atoms with van der Waals surface area (Å²) in [5.74, 6) is -0.949. The van der Waals surface area contributed by atoms with Gasteiger partial charge in [-0.2, -0.15) is 0 Å². The zero-order valence-corrected chi connectivity index (χ0v) is 42.5. The zero-order chi connectivity index (χ0) is 47.2. The predicted octanol–water partition coefficient (Wildman–Crippen LogP) is 18.0. The van der Waals surface area contributed by atoms with E-state index in [1.54, 1.807) is 0 Å². The van der Waals surface area contributed by atoms with E-state index < -0.39 is 6.10 Å². The summed E-state index contributed by atoms with van der Waals surface area (Å²) in [5, 5.41) is 0. The van der Waals surface area contributed by atoms with Gasteiger partial charge in [0.15, 0.2) is 6.10 Å². The van der Waals surface area contributed by atoms with Crippen molar-refractivity contribution in [2.45, 2.75) is 258 Å². The molecule has 0 aliphatic heterocycles. The van der Waals surface area contributed by atoms with Crippen LogP contribution in [0.5, 0.6) is 0 Å². The maximum Gasteiger partial charge on any atom is 0.306 e. The smallest absolute Gasteiger partial charge is 0.306 e. The quantitative estimate of drug-likeness (QED) is 0.0262. The molecule has 0 heterocycles. The summed E-state index contributed by atoms with van der Waals surface area (Å²) in [6, 6.07) is 0. The Labute approximate surface area is 401 Å². The van der Waals surface area contributed by atoms with Crippen molar-refractivity contribution in [3.05, 3.63) is 85.1 Å². The Balaban J connectivity index is 4.48. The van der Waals surface area contributed by atoms with Crippen molar-refractivity contribution in [1.82, 2.24) is 0 Å². The van der Waals surface area contributed by atoms with E-state index in [2.05, 4.69) is 106 Å². The maximum atomic E-state index is 12.8. The highest BCUT2D eigenvalue weighted by molar-refractivity contribution is 5.71. The fourth-order valence-corrected chi connectivity index (χ4v) is 7.21. The molecule has 6 heteroatoms. The Morgan fingerprint density at radius 2 is 0.554 bits per heavy atom. The molecule has 0 saturated carbocycles. The topological polar surface area (TPSA) is 78.9 Å². The third-order valence-electron chi connectivity index (χ3n) is 11.3. The van der Waals surface area contributed by atoms with Crippen LogP contribution in [0.4, 0.5) is 0 Å². The van der Waals surface area contributed by atoms with Crippen LogP contribution < -0.4 is 0 Å². The van der Waals surface area contributed by atoms with E-state index in [1.165, 1.54) is 96.3 Å². The number of ether oxygens (including phenoxy) is 3. The third kappa shape index (κ3) is 51.4. The molecule has 1 atom stereocenters. The van der Waals surface area contributed by atoms with Gasteiger partial charge in [-0.15, -0.1) is 0 Å². The molecule has 372 valence electrons. The molecule has 0 fully saturated rings. The highest BCUT2D eigenvalue weighted by Gasteiger charge is 2.19. The van der Waals surface area contributed by atoms with Crippen LogP contribution >= 0.6 is 0 Å². The van der Waals surface area contributed by atoms with E-state index in [9.17, 15) is 14.4 Å². The second kappa shape index (κ2) is 53.2. The molecule has 0 aromatic carbocycles. The Bertz CT molecular complexity index is 1270. The second-order valence-corrected chi connectivity index (χ2v) is 17.8. The van der Waals surface area contributed by atoms with Crippen LogP contribution in [0.1, 0.15) is 252 Å². The fourth-order valence-electron chi connectivity index (χ4n) is 7.21. The number of hydrogen-bond acceptors (Lipinski definition) is 6. The largest absolute Gasteiger partial charge is 0.462 e. The minimum absolute atomic E-state index is 0.0978. The first-order chi connectivity index (χ1) is 32.0. The van der Waals surface area contributed by atoms with Crippen LogP contribution in [0.3, 0.4) is 0 Å². The number of carbonyl (C=O) groups excluding carboxylic acids is 3. The summed E-state index contributed by atoms with van der Waals surface area (Å²) in [6.45, 7) is 6.52. The van der Waals surface area contributed by atoms with Gasteiger partial charge >= 0.3 is 17.9 Å². The lowest BCUT2D eigenvalue weighted by Gasteiger charge is -2.18. The van der Waals surface area contributed by atoms with Crippen molar-refractivity contribution in [3.8, 4) is 0 Å². The maximum absolute atomic E-state index is 12.8. The third-order valence-corrected chi connectivity index (χ3v) is 11.3. The van der Waals surface area contributed by atoms with Crippen LogP contribution in [0, 0.1) is 0 Å². The molecule has 0 radical (unpaired) electrons. The standard InChI is InChI=1S/C59H100O6/c1-4-7-10-13-16-19-22-25-27-29-31-34-37-40-43-46-49-52-58(61)64-55-56(54-63-57(60)51-48-45-42-39-36-33-24-21-18-15-12-9-6-3)65-59(62)53-50-47-44-41-38-35-32-30-28-26-23-20-17-14-11-8-5-2/h16-17,19-21,24-28,31-32,34-35,56H,4-15,18,22-23,29-30,33,36-55H2,1-3H3/b19-16-,20-17-,24-21-,27-25-,28-26-,34-31-,35-32-/t56-/m0/s1. The van der Waals surface area contributed by atoms with Gasteiger partial charge in [0.05, 0.1) is 0 Å². The molecule has 0 rings (SSSR count). The molecule has 0 aromatic heterocycles. The molecular formula is C59H100O6. The van der Waals surface area contributed by atoms with Crippen LogP contribution in [0.25, 0.3) is 0 Å². The molecule has 0 bridgehead atoms. The molecule has 0 aromatic rings. The van der Waals surface area contributed by atoms with Gasteiger partial charge < -0.3 is 14.2 Å². The van der Waals surface area contributed by atoms with Gasteiger partial charge in [-0.3, -0.25) is 14.4 Å². The first-order valence-electron chi connectivity index (χ1n) is 27.1. The van der Waals surface area contributed by atoms with Crippen molar-refractivity contribution >= 4 is 17.9 Å². The van der Waals surface area contributed by atoms with Gasteiger partial charge in [0.1, 0.15) is 13.2 Å². The zero-order valence-electron chi connectivity index (χ0n) is 42.5. The lowest BCUT2D eigenvalue weighted by Crippen LogP contribution is -2.30. The first-order valence-corrected chi connectivity index (χ1v) is 27.1. The normalized spacial score (nSPS) is 12.7. The molecule has 6 nitrogen and oxygen atoms in total. The van der Waals surface area contributed by atoms with E-state index in [0.29, 0.717) is 19.3 Å². The number of rotatable bonds is 48. The highest BCUT2D eigenvalue weighted by atomic mass is 16.6.